The first kappa shape index (κ1) is 42.1. The van der Waals surface area contributed by atoms with Crippen molar-refractivity contribution in [1.82, 2.24) is 0 Å². The number of carbonyl (C=O) groups is 2. The summed E-state index contributed by atoms with van der Waals surface area (Å²) in [4.78, 5) is 26.1. The first-order chi connectivity index (χ1) is 20.2. The smallest absolute Gasteiger partial charge is 0.164 e. The summed E-state index contributed by atoms with van der Waals surface area (Å²) in [7, 11) is 1.64. The van der Waals surface area contributed by atoms with Gasteiger partial charge in [-0.05, 0) is 100.0 Å². The third-order valence-electron chi connectivity index (χ3n) is 9.51. The van der Waals surface area contributed by atoms with Crippen molar-refractivity contribution in [3.63, 3.8) is 0 Å². The summed E-state index contributed by atoms with van der Waals surface area (Å²) in [5, 5.41) is 23.5. The number of hydrogen-bond acceptors (Lipinski definition) is 7. The van der Waals surface area contributed by atoms with Crippen LogP contribution >= 0.6 is 0 Å². The third kappa shape index (κ3) is 9.08. The second-order valence-electron chi connectivity index (χ2n) is 14.2. The van der Waals surface area contributed by atoms with Gasteiger partial charge in [0.2, 0.25) is 0 Å². The van der Waals surface area contributed by atoms with Gasteiger partial charge in [0.15, 0.2) is 5.79 Å². The van der Waals surface area contributed by atoms with E-state index in [9.17, 15) is 19.8 Å². The highest BCUT2D eigenvalue weighted by Crippen LogP contribution is 2.56. The van der Waals surface area contributed by atoms with Gasteiger partial charge in [0, 0.05) is 7.05 Å². The maximum Gasteiger partial charge on any atom is 0.164 e. The lowest BCUT2D eigenvalue weighted by Crippen LogP contribution is -2.67. The number of hydrogen-bond donors (Lipinski definition) is 2. The maximum absolute atomic E-state index is 12.8. The van der Waals surface area contributed by atoms with Gasteiger partial charge >= 0.3 is 0 Å². The summed E-state index contributed by atoms with van der Waals surface area (Å²) in [5.41, 5.74) is 0.488. The number of nitrogens with zero attached hydrogens (tertiary/aromatic N) is 1. The second-order valence-corrected chi connectivity index (χ2v) is 14.2. The molecule has 3 rings (SSSR count). The molecular weight excluding hydrogens is 554 g/mol. The van der Waals surface area contributed by atoms with Gasteiger partial charge in [0.25, 0.3) is 0 Å². The van der Waals surface area contributed by atoms with Crippen LogP contribution in [-0.4, -0.2) is 66.8 Å². The van der Waals surface area contributed by atoms with Gasteiger partial charge in [-0.2, -0.15) is 0 Å². The van der Waals surface area contributed by atoms with E-state index in [1.807, 2.05) is 55.4 Å². The summed E-state index contributed by atoms with van der Waals surface area (Å²) in [6.07, 6.45) is 5.42. The van der Waals surface area contributed by atoms with Crippen LogP contribution in [-0.2, 0) is 19.1 Å². The lowest BCUT2D eigenvalue weighted by Gasteiger charge is -2.54. The van der Waals surface area contributed by atoms with E-state index in [1.165, 1.54) is 5.57 Å². The van der Waals surface area contributed by atoms with Gasteiger partial charge in [-0.1, -0.05) is 80.0 Å². The van der Waals surface area contributed by atoms with E-state index < -0.39 is 29.0 Å². The van der Waals surface area contributed by atoms with Crippen LogP contribution in [0.3, 0.4) is 0 Å². The van der Waals surface area contributed by atoms with Crippen molar-refractivity contribution in [3.05, 3.63) is 34.4 Å². The van der Waals surface area contributed by atoms with E-state index in [0.29, 0.717) is 24.0 Å². The summed E-state index contributed by atoms with van der Waals surface area (Å²) in [6.45, 7) is 32.0. The number of aldehydes is 2. The van der Waals surface area contributed by atoms with Crippen molar-refractivity contribution in [2.75, 3.05) is 13.7 Å². The molecule has 1 aliphatic heterocycles. The first-order valence-electron chi connectivity index (χ1n) is 16.3. The molecule has 8 atom stereocenters. The Hall–Kier alpha value is -1.93. The minimum absolute atomic E-state index is 0.0611. The fraction of sp³-hybridized carbons (Fsp3) is 0.757. The van der Waals surface area contributed by atoms with Gasteiger partial charge in [-0.15, -0.1) is 0 Å². The molecule has 2 aliphatic carbocycles. The monoisotopic (exact) mass is 619 g/mol. The van der Waals surface area contributed by atoms with Gasteiger partial charge in [-0.25, -0.2) is 0 Å². The summed E-state index contributed by atoms with van der Waals surface area (Å²) in [6, 6.07) is 0. The van der Waals surface area contributed by atoms with Crippen LogP contribution in [0.2, 0.25) is 0 Å². The van der Waals surface area contributed by atoms with E-state index in [0.717, 1.165) is 36.6 Å². The molecule has 1 saturated heterocycles. The van der Waals surface area contributed by atoms with Crippen molar-refractivity contribution in [2.24, 2.45) is 39.5 Å². The Kier molecular flexibility index (Phi) is 16.4. The summed E-state index contributed by atoms with van der Waals surface area (Å²) in [5.74, 6) is -0.219. The van der Waals surface area contributed by atoms with Crippen molar-refractivity contribution in [1.29, 1.82) is 0 Å². The number of ether oxygens (including phenoxy) is 2. The molecule has 1 fully saturated rings. The molecule has 7 heteroatoms. The summed E-state index contributed by atoms with van der Waals surface area (Å²) >= 11 is 0. The molecule has 0 amide bonds. The Balaban J connectivity index is 0.00000121. The number of allylic oxidation sites excluding steroid dienone is 3. The summed E-state index contributed by atoms with van der Waals surface area (Å²) < 4.78 is 12.3. The number of aliphatic imine (C=N–C) groups is 1. The molecular formula is C37H65NO6. The predicted molar refractivity (Wildman–Crippen MR) is 183 cm³/mol. The topological polar surface area (TPSA) is 105 Å². The Labute approximate surface area is 269 Å². The van der Waals surface area contributed by atoms with Crippen molar-refractivity contribution >= 4 is 19.3 Å². The number of aliphatic hydroxyl groups excluding tert-OH is 1. The largest absolute Gasteiger partial charge is 0.386 e. The van der Waals surface area contributed by atoms with E-state index >= 15 is 0 Å². The van der Waals surface area contributed by atoms with Crippen molar-refractivity contribution < 1.29 is 29.3 Å². The molecule has 44 heavy (non-hydrogen) atoms. The van der Waals surface area contributed by atoms with E-state index in [4.69, 9.17) is 9.47 Å². The number of fused-ring (bicyclic) bond motifs is 3. The van der Waals surface area contributed by atoms with E-state index in [2.05, 4.69) is 52.4 Å². The standard InChI is InChI=1S/C26H42O5.C7H12O.C2H5N.C2H6/c1-15-10-18(4)25(14-27)12-17(3)21(28)26(25,29)22-19(13-30-24(8,9)31-22)11-16(2)20(15)23(5,6)7;1-4-6(2)7(3)5-8;1-3-2;1-2/h11-12,14-16,18,20-22,28-29H,10,13H2,1-9H3;5H,4H2,1-3H3;1H2,2H3;1-2H3/b19-11-;7-6-;;/t15-,16?,18-,20-,21?,22?,25?,26?;;;/m1.../s1. The quantitative estimate of drug-likeness (QED) is 0.146. The van der Waals surface area contributed by atoms with Crippen LogP contribution in [0, 0.1) is 34.5 Å². The number of carbonyl (C=O) groups excluding carboxylic acids is 2. The first-order valence-corrected chi connectivity index (χ1v) is 16.3. The Morgan fingerprint density at radius 1 is 1.16 bits per heavy atom. The average molecular weight is 620 g/mol. The highest BCUT2D eigenvalue weighted by molar-refractivity contribution is 5.73. The van der Waals surface area contributed by atoms with Crippen molar-refractivity contribution in [3.8, 4) is 0 Å². The minimum Gasteiger partial charge on any atom is -0.386 e. The predicted octanol–water partition coefficient (Wildman–Crippen LogP) is 7.55. The average Bonchev–Trinajstić information content (AvgIpc) is 3.15. The highest BCUT2D eigenvalue weighted by atomic mass is 16.7. The Bertz CT molecular complexity index is 1050. The maximum atomic E-state index is 12.8. The fourth-order valence-electron chi connectivity index (χ4n) is 7.42. The second kappa shape index (κ2) is 17.1. The van der Waals surface area contributed by atoms with Crippen LogP contribution in [0.15, 0.2) is 39.4 Å². The molecule has 0 radical (unpaired) electrons. The molecule has 1 heterocycles. The molecule has 5 unspecified atom stereocenters. The van der Waals surface area contributed by atoms with Crippen LogP contribution in [0.5, 0.6) is 0 Å². The minimum atomic E-state index is -1.79. The van der Waals surface area contributed by atoms with Crippen LogP contribution in [0.4, 0.5) is 0 Å². The van der Waals surface area contributed by atoms with E-state index in [-0.39, 0.29) is 17.3 Å². The SMILES string of the molecule is C=NC.CC.CC/C(C)=C(/C)C=O.CC1=CC2(C=O)[C@H](C)C[C@@H](C)[C@@H](C(C)(C)C)C(C)/C=C3/COC(C)(C)OC3C2(O)C1O. The van der Waals surface area contributed by atoms with E-state index in [1.54, 1.807) is 20.0 Å². The zero-order valence-electron chi connectivity index (χ0n) is 30.6. The molecule has 0 aromatic heterocycles. The van der Waals surface area contributed by atoms with Gasteiger partial charge in [0.05, 0.1) is 12.0 Å². The Morgan fingerprint density at radius 2 is 1.68 bits per heavy atom. The lowest BCUT2D eigenvalue weighted by atomic mass is 9.57. The molecule has 0 spiro atoms. The van der Waals surface area contributed by atoms with Crippen molar-refractivity contribution in [2.45, 2.75) is 133 Å². The zero-order chi connectivity index (χ0) is 34.8. The fourth-order valence-corrected chi connectivity index (χ4v) is 7.42. The molecule has 0 saturated carbocycles. The molecule has 2 N–H and O–H groups in total. The number of aliphatic hydroxyl groups is 2. The van der Waals surface area contributed by atoms with Gasteiger partial charge in [0.1, 0.15) is 30.4 Å². The van der Waals surface area contributed by atoms with Gasteiger partial charge in [-0.3, -0.25) is 4.79 Å². The highest BCUT2D eigenvalue weighted by Gasteiger charge is 2.67. The number of rotatable bonds is 3. The molecule has 7 nitrogen and oxygen atoms in total. The molecule has 0 bridgehead atoms. The molecule has 3 aliphatic rings. The normalized spacial score (nSPS) is 36.2. The Morgan fingerprint density at radius 3 is 2.09 bits per heavy atom. The molecule has 0 aromatic carbocycles. The third-order valence-corrected chi connectivity index (χ3v) is 9.51. The zero-order valence-corrected chi connectivity index (χ0v) is 30.6. The molecule has 0 aromatic rings. The van der Waals surface area contributed by atoms with Crippen LogP contribution < -0.4 is 0 Å². The van der Waals surface area contributed by atoms with Crippen LogP contribution in [0.1, 0.15) is 110 Å². The van der Waals surface area contributed by atoms with Crippen LogP contribution in [0.25, 0.3) is 0 Å². The molecule has 254 valence electrons. The van der Waals surface area contributed by atoms with Gasteiger partial charge < -0.3 is 29.5 Å². The lowest BCUT2D eigenvalue weighted by molar-refractivity contribution is -0.303.